The molecule has 0 heterocycles. The number of aliphatic carboxylic acids is 2. The van der Waals surface area contributed by atoms with E-state index in [0.29, 0.717) is 0 Å². The topological polar surface area (TPSA) is 74.6 Å². The molecule has 0 bridgehead atoms. The van der Waals surface area contributed by atoms with Crippen LogP contribution in [0, 0.1) is 11.8 Å². The molecule has 1 fully saturated rings. The Hall–Kier alpha value is -8.60. The molecule has 28 aromatic carbocycles. The van der Waals surface area contributed by atoms with Gasteiger partial charge in [0.15, 0.2) is 0 Å². The third-order valence-corrected chi connectivity index (χ3v) is 25.2. The molecule has 68 heavy (non-hydrogen) atoms. The zero-order valence-corrected chi connectivity index (χ0v) is 33.9. The normalized spacial score (nSPS) is 24.8. The Kier molecular flexibility index (Phi) is 1.96. The highest BCUT2D eigenvalue weighted by Gasteiger charge is 2.85. The van der Waals surface area contributed by atoms with Crippen LogP contribution in [-0.2, 0) is 20.4 Å². The predicted octanol–water partition coefficient (Wildman–Crippen LogP) is 15.7. The minimum absolute atomic E-state index is 0.944. The summed E-state index contributed by atoms with van der Waals surface area (Å²) in [4.78, 5) is 29.9. The third-order valence-electron chi connectivity index (χ3n) is 25.2. The van der Waals surface area contributed by atoms with E-state index >= 15 is 0 Å². The third kappa shape index (κ3) is 1.21. The molecule has 0 aliphatic heterocycles. The van der Waals surface area contributed by atoms with Crippen molar-refractivity contribution < 1.29 is 19.8 Å². The lowest BCUT2D eigenvalue weighted by atomic mass is 9.30. The first-order valence-corrected chi connectivity index (χ1v) is 24.8. The molecular formula is C64H4O4. The summed E-state index contributed by atoms with van der Waals surface area (Å²) in [5.74, 6) is -4.12. The summed E-state index contributed by atoms with van der Waals surface area (Å²) in [5.41, 5.74) is 2.75. The van der Waals surface area contributed by atoms with Gasteiger partial charge in [0.05, 0.1) is 22.7 Å². The molecule has 284 valence electrons. The summed E-state index contributed by atoms with van der Waals surface area (Å²) in [6, 6.07) is 0. The second kappa shape index (κ2) is 5.36. The molecule has 5 aliphatic rings. The van der Waals surface area contributed by atoms with E-state index in [1.807, 2.05) is 0 Å². The zero-order chi connectivity index (χ0) is 40.8. The van der Waals surface area contributed by atoms with Gasteiger partial charge in [0.1, 0.15) is 0 Å². The lowest BCUT2D eigenvalue weighted by Gasteiger charge is -2.68. The lowest BCUT2D eigenvalue weighted by molar-refractivity contribution is -0.176. The quantitative estimate of drug-likeness (QED) is 0.170. The smallest absolute Gasteiger partial charge is 0.308 e. The van der Waals surface area contributed by atoms with Crippen LogP contribution in [0.15, 0.2) is 0 Å². The first-order chi connectivity index (χ1) is 33.6. The molecule has 2 atom stereocenters. The van der Waals surface area contributed by atoms with E-state index in [4.69, 9.17) is 0 Å². The van der Waals surface area contributed by atoms with Crippen LogP contribution in [0.1, 0.15) is 22.3 Å². The molecule has 1 saturated carbocycles. The van der Waals surface area contributed by atoms with Crippen molar-refractivity contribution in [2.24, 2.45) is 11.8 Å². The maximum absolute atomic E-state index is 15.0. The number of carbonyl (C=O) groups is 2. The SMILES string of the molecule is O=C(O)[C@@H]1[C@@H](C(=O)O)C23c4c5c6c7c8c9c(c%10c%11c2c2c4c4c%12c5c5c6c6c8c8c%13c9c9c%10c%10c%11c%11c2c2c4c4c%12c%12c5c5c6c8c6c8c%13c9c9c%10c%10c%11c2c2c4c4c%12c5c6c5c8c9c%10c2c45)C713. The fourth-order valence-electron chi connectivity index (χ4n) is 25.5. The van der Waals surface area contributed by atoms with Crippen molar-refractivity contribution in [1.29, 1.82) is 0 Å². The first-order valence-electron chi connectivity index (χ1n) is 24.8. The van der Waals surface area contributed by atoms with E-state index in [0.717, 1.165) is 0 Å². The second-order valence-corrected chi connectivity index (χ2v) is 25.0. The Morgan fingerprint density at radius 1 is 0.191 bits per heavy atom. The molecule has 0 aromatic heterocycles. The van der Waals surface area contributed by atoms with Crippen molar-refractivity contribution in [3.8, 4) is 0 Å². The molecule has 4 nitrogen and oxygen atoms in total. The predicted molar refractivity (Wildman–Crippen MR) is 276 cm³/mol. The van der Waals surface area contributed by atoms with E-state index in [1.54, 1.807) is 10.8 Å². The van der Waals surface area contributed by atoms with Crippen LogP contribution in [0.5, 0.6) is 0 Å². The average Bonchev–Trinajstić information content (AvgIpc) is 4.28. The molecule has 4 heteroatoms. The maximum Gasteiger partial charge on any atom is 0.308 e. The summed E-state index contributed by atoms with van der Waals surface area (Å²) in [6.45, 7) is 0. The fraction of sp³-hybridized carbons (Fsp3) is 0.0625. The van der Waals surface area contributed by atoms with E-state index < -0.39 is 34.6 Å². The number of carboxylic acids is 2. The van der Waals surface area contributed by atoms with Crippen molar-refractivity contribution in [1.82, 2.24) is 0 Å². The first kappa shape index (κ1) is 24.8. The molecule has 0 radical (unpaired) electrons. The van der Waals surface area contributed by atoms with Gasteiger partial charge in [-0.1, -0.05) is 0 Å². The van der Waals surface area contributed by atoms with Crippen LogP contribution in [0.25, 0.3) is 291 Å². The molecule has 5 aliphatic carbocycles. The monoisotopic (exact) mass is 836 g/mol. The van der Waals surface area contributed by atoms with Crippen LogP contribution in [0.2, 0.25) is 0 Å². The molecule has 2 N–H and O–H groups in total. The van der Waals surface area contributed by atoms with E-state index in [1.165, 1.54) is 302 Å². The zero-order valence-electron chi connectivity index (χ0n) is 33.9. The van der Waals surface area contributed by atoms with Crippen molar-refractivity contribution in [2.75, 3.05) is 0 Å². The summed E-state index contributed by atoms with van der Waals surface area (Å²) in [7, 11) is 0. The Bertz CT molecular complexity index is 6640. The van der Waals surface area contributed by atoms with Gasteiger partial charge in [-0.15, -0.1) is 0 Å². The van der Waals surface area contributed by atoms with E-state index in [9.17, 15) is 19.8 Å². The number of rotatable bonds is 2. The van der Waals surface area contributed by atoms with Crippen LogP contribution >= 0.6 is 0 Å². The lowest BCUT2D eigenvalue weighted by Crippen LogP contribution is -2.75. The standard InChI is InChI=1S/C64H4O4/c65-61(66)59-60(62(67)68)64-57-49-41-31-21-13-5-2-1-3-7-9(5)17-23-15(7)25-19-11(3)12-4(1)8-10-6(2)14(13)22-28-18(10)24-16(8)26-20(12)30-29(19)39-33(25)43-37(23)45(35(41)27(17)21)53(57)51(43)55-47(39)48-40(30)34(26)44-38(24)46-36(28)42(32(22)31)50(49)58(64)54(46)52(44)56(48)63(55,59)64/h59-60H,(H,65,66)(H,67,68)/t59-,60-,63?,64?/m0/s1. The Morgan fingerprint density at radius 2 is 0.279 bits per heavy atom. The van der Waals surface area contributed by atoms with Crippen molar-refractivity contribution in [3.05, 3.63) is 22.3 Å². The Morgan fingerprint density at radius 3 is 0.368 bits per heavy atom. The van der Waals surface area contributed by atoms with Crippen LogP contribution < -0.4 is 0 Å². The summed E-state index contributed by atoms with van der Waals surface area (Å²) >= 11 is 0. The minimum Gasteiger partial charge on any atom is -0.481 e. The van der Waals surface area contributed by atoms with Crippen LogP contribution in [0.4, 0.5) is 0 Å². The molecule has 0 amide bonds. The number of carboxylic acid groups (broad SMARTS) is 2. The molecule has 28 aromatic rings. The van der Waals surface area contributed by atoms with Gasteiger partial charge < -0.3 is 10.2 Å². The van der Waals surface area contributed by atoms with Crippen molar-refractivity contribution in [3.63, 3.8) is 0 Å². The van der Waals surface area contributed by atoms with Gasteiger partial charge in [0.2, 0.25) is 0 Å². The van der Waals surface area contributed by atoms with E-state index in [2.05, 4.69) is 0 Å². The minimum atomic E-state index is -1.12. The van der Waals surface area contributed by atoms with Gasteiger partial charge >= 0.3 is 11.9 Å². The van der Waals surface area contributed by atoms with Gasteiger partial charge in [0, 0.05) is 0 Å². The highest BCUT2D eigenvalue weighted by atomic mass is 16.4. The second-order valence-electron chi connectivity index (χ2n) is 25.0. The molecular weight excluding hydrogens is 833 g/mol. The Labute approximate surface area is 365 Å². The molecule has 0 unspecified atom stereocenters. The highest BCUT2D eigenvalue weighted by Crippen LogP contribution is 2.89. The summed E-state index contributed by atoms with van der Waals surface area (Å²) < 4.78 is 0. The molecule has 0 saturated heterocycles. The van der Waals surface area contributed by atoms with Crippen molar-refractivity contribution in [2.45, 2.75) is 10.8 Å². The van der Waals surface area contributed by atoms with Crippen LogP contribution in [-0.4, -0.2) is 22.2 Å². The summed E-state index contributed by atoms with van der Waals surface area (Å²) in [6.07, 6.45) is 0. The van der Waals surface area contributed by atoms with Gasteiger partial charge in [-0.3, -0.25) is 9.59 Å². The van der Waals surface area contributed by atoms with Gasteiger partial charge in [-0.05, 0) is 313 Å². The fourth-order valence-corrected chi connectivity index (χ4v) is 25.5. The van der Waals surface area contributed by atoms with E-state index in [-0.39, 0.29) is 0 Å². The van der Waals surface area contributed by atoms with Gasteiger partial charge in [0.25, 0.3) is 0 Å². The average molecular weight is 837 g/mol. The summed E-state index contributed by atoms with van der Waals surface area (Å²) in [5, 5.41) is 103. The highest BCUT2D eigenvalue weighted by molar-refractivity contribution is 6.82. The largest absolute Gasteiger partial charge is 0.481 e. The van der Waals surface area contributed by atoms with Gasteiger partial charge in [-0.2, -0.15) is 0 Å². The molecule has 2 spiro atoms. The maximum atomic E-state index is 15.0. The number of benzene rings is 18. The van der Waals surface area contributed by atoms with Crippen LogP contribution in [0.3, 0.4) is 0 Å². The van der Waals surface area contributed by atoms with Gasteiger partial charge in [-0.25, -0.2) is 0 Å². The Balaban J connectivity index is 1.24. The molecule has 33 rings (SSSR count). The number of hydrogen-bond donors (Lipinski definition) is 2. The van der Waals surface area contributed by atoms with Crippen molar-refractivity contribution >= 4 is 303 Å². The number of hydrogen-bond acceptors (Lipinski definition) is 2.